The third-order valence-corrected chi connectivity index (χ3v) is 5.61. The minimum absolute atomic E-state index is 0.176. The SMILES string of the molecule is CCOC(=O)CCc1cccc(-c2ccc(SN(C)CC3CO3)c(CC)c2)n1. The Labute approximate surface area is 171 Å². The van der Waals surface area contributed by atoms with Crippen molar-refractivity contribution >= 4 is 17.9 Å². The molecule has 1 saturated heterocycles. The van der Waals surface area contributed by atoms with Crippen LogP contribution in [0.3, 0.4) is 0 Å². The van der Waals surface area contributed by atoms with Gasteiger partial charge in [-0.2, -0.15) is 0 Å². The number of pyridine rings is 1. The summed E-state index contributed by atoms with van der Waals surface area (Å²) in [7, 11) is 2.11. The molecule has 1 atom stereocenters. The van der Waals surface area contributed by atoms with Crippen LogP contribution in [0.15, 0.2) is 41.3 Å². The summed E-state index contributed by atoms with van der Waals surface area (Å²) < 4.78 is 12.6. The van der Waals surface area contributed by atoms with Gasteiger partial charge in [0.05, 0.1) is 31.4 Å². The molecule has 1 aromatic heterocycles. The largest absolute Gasteiger partial charge is 0.466 e. The topological polar surface area (TPSA) is 55.0 Å². The van der Waals surface area contributed by atoms with E-state index in [1.807, 2.05) is 25.1 Å². The Morgan fingerprint density at radius 3 is 2.86 bits per heavy atom. The summed E-state index contributed by atoms with van der Waals surface area (Å²) in [5, 5.41) is 0. The number of benzene rings is 1. The predicted molar refractivity (Wildman–Crippen MR) is 112 cm³/mol. The van der Waals surface area contributed by atoms with Crippen LogP contribution in [0.2, 0.25) is 0 Å². The van der Waals surface area contributed by atoms with Crippen molar-refractivity contribution in [3.8, 4) is 11.3 Å². The Hall–Kier alpha value is -1.89. The third kappa shape index (κ3) is 6.06. The first-order valence-corrected chi connectivity index (χ1v) is 10.6. The summed E-state index contributed by atoms with van der Waals surface area (Å²) in [4.78, 5) is 17.6. The highest BCUT2D eigenvalue weighted by atomic mass is 32.2. The summed E-state index contributed by atoms with van der Waals surface area (Å²) in [5.41, 5.74) is 4.26. The quantitative estimate of drug-likeness (QED) is 0.339. The number of likely N-dealkylation sites (N-methyl/N-ethyl adjacent to an activating group) is 1. The Kier molecular flexibility index (Phi) is 7.48. The van der Waals surface area contributed by atoms with E-state index < -0.39 is 0 Å². The zero-order valence-corrected chi connectivity index (χ0v) is 17.6. The highest BCUT2D eigenvalue weighted by molar-refractivity contribution is 7.97. The number of aryl methyl sites for hydroxylation is 2. The van der Waals surface area contributed by atoms with Gasteiger partial charge in [-0.3, -0.25) is 9.78 Å². The minimum atomic E-state index is -0.176. The van der Waals surface area contributed by atoms with Crippen LogP contribution >= 0.6 is 11.9 Å². The molecule has 2 heterocycles. The van der Waals surface area contributed by atoms with Gasteiger partial charge in [-0.05, 0) is 62.2 Å². The third-order valence-electron chi connectivity index (χ3n) is 4.55. The molecule has 1 aromatic carbocycles. The van der Waals surface area contributed by atoms with Crippen LogP contribution < -0.4 is 0 Å². The maximum atomic E-state index is 11.6. The fraction of sp³-hybridized carbons (Fsp3) is 0.455. The second-order valence-electron chi connectivity index (χ2n) is 6.85. The van der Waals surface area contributed by atoms with Crippen molar-refractivity contribution in [1.29, 1.82) is 0 Å². The highest BCUT2D eigenvalue weighted by Gasteiger charge is 2.24. The monoisotopic (exact) mass is 400 g/mol. The highest BCUT2D eigenvalue weighted by Crippen LogP contribution is 2.30. The van der Waals surface area contributed by atoms with Crippen molar-refractivity contribution in [2.75, 3.05) is 26.8 Å². The van der Waals surface area contributed by atoms with Gasteiger partial charge < -0.3 is 9.47 Å². The van der Waals surface area contributed by atoms with Crippen molar-refractivity contribution in [2.45, 2.75) is 44.1 Å². The number of epoxide rings is 1. The lowest BCUT2D eigenvalue weighted by Crippen LogP contribution is -2.15. The summed E-state index contributed by atoms with van der Waals surface area (Å²) >= 11 is 1.77. The number of aromatic nitrogens is 1. The van der Waals surface area contributed by atoms with Crippen molar-refractivity contribution in [3.63, 3.8) is 0 Å². The molecule has 0 saturated carbocycles. The van der Waals surface area contributed by atoms with Gasteiger partial charge in [-0.15, -0.1) is 0 Å². The molecule has 5 nitrogen and oxygen atoms in total. The van der Waals surface area contributed by atoms with Crippen LogP contribution in [0.25, 0.3) is 11.3 Å². The van der Waals surface area contributed by atoms with Gasteiger partial charge in [-0.25, -0.2) is 4.31 Å². The second kappa shape index (κ2) is 10.0. The van der Waals surface area contributed by atoms with Crippen molar-refractivity contribution in [3.05, 3.63) is 47.7 Å². The number of carbonyl (C=O) groups excluding carboxylic acids is 1. The predicted octanol–water partition coefficient (Wildman–Crippen LogP) is 4.14. The molecule has 0 bridgehead atoms. The molecule has 0 amide bonds. The number of nitrogens with zero attached hydrogens (tertiary/aromatic N) is 2. The lowest BCUT2D eigenvalue weighted by Gasteiger charge is -2.17. The van der Waals surface area contributed by atoms with E-state index in [-0.39, 0.29) is 5.97 Å². The van der Waals surface area contributed by atoms with E-state index in [1.165, 1.54) is 10.5 Å². The molecule has 3 rings (SSSR count). The normalized spacial score (nSPS) is 15.6. The molecule has 0 spiro atoms. The van der Waals surface area contributed by atoms with Crippen molar-refractivity contribution in [2.24, 2.45) is 0 Å². The molecule has 1 aliphatic rings. The average Bonchev–Trinajstić information content (AvgIpc) is 3.51. The Bertz CT molecular complexity index is 808. The molecule has 1 fully saturated rings. The molecule has 28 heavy (non-hydrogen) atoms. The first-order valence-electron chi connectivity index (χ1n) is 9.84. The van der Waals surface area contributed by atoms with Gasteiger partial charge in [0.25, 0.3) is 0 Å². The fourth-order valence-electron chi connectivity index (χ4n) is 3.01. The van der Waals surface area contributed by atoms with Gasteiger partial charge in [0.1, 0.15) is 0 Å². The maximum absolute atomic E-state index is 11.6. The average molecular weight is 401 g/mol. The molecule has 0 N–H and O–H groups in total. The summed E-state index contributed by atoms with van der Waals surface area (Å²) in [5.74, 6) is -0.176. The number of hydrogen-bond donors (Lipinski definition) is 0. The summed E-state index contributed by atoms with van der Waals surface area (Å²) in [6.45, 7) is 6.24. The first-order chi connectivity index (χ1) is 13.6. The van der Waals surface area contributed by atoms with Gasteiger partial charge in [0, 0.05) is 29.1 Å². The van der Waals surface area contributed by atoms with Gasteiger partial charge in [0.2, 0.25) is 0 Å². The fourth-order valence-corrected chi connectivity index (χ4v) is 4.04. The molecule has 150 valence electrons. The molecule has 0 radical (unpaired) electrons. The molecule has 1 unspecified atom stereocenters. The number of hydrogen-bond acceptors (Lipinski definition) is 6. The standard InChI is InChI=1S/C22H28N2O3S/c1-4-16-13-17(9-11-21(16)28-24(3)14-19-15-27-19)20-8-6-7-18(23-20)10-12-22(25)26-5-2/h6-9,11,13,19H,4-5,10,12,14-15H2,1-3H3. The van der Waals surface area contributed by atoms with E-state index in [0.717, 1.165) is 36.5 Å². The summed E-state index contributed by atoms with van der Waals surface area (Å²) in [6, 6.07) is 12.5. The van der Waals surface area contributed by atoms with Crippen LogP contribution in [0, 0.1) is 0 Å². The summed E-state index contributed by atoms with van der Waals surface area (Å²) in [6.07, 6.45) is 2.31. The van der Waals surface area contributed by atoms with E-state index in [1.54, 1.807) is 11.9 Å². The first kappa shape index (κ1) is 20.8. The number of carbonyl (C=O) groups is 1. The zero-order valence-electron chi connectivity index (χ0n) is 16.8. The molecular formula is C22H28N2O3S. The molecule has 2 aromatic rings. The maximum Gasteiger partial charge on any atom is 0.306 e. The van der Waals surface area contributed by atoms with Crippen LogP contribution in [0.4, 0.5) is 0 Å². The zero-order chi connectivity index (χ0) is 19.9. The molecule has 1 aliphatic heterocycles. The molecule has 6 heteroatoms. The number of rotatable bonds is 10. The van der Waals surface area contributed by atoms with Crippen molar-refractivity contribution < 1.29 is 14.3 Å². The van der Waals surface area contributed by atoms with Gasteiger partial charge in [0.15, 0.2) is 0 Å². The van der Waals surface area contributed by atoms with Crippen LogP contribution in [0.5, 0.6) is 0 Å². The van der Waals surface area contributed by atoms with E-state index >= 15 is 0 Å². The Morgan fingerprint density at radius 2 is 2.14 bits per heavy atom. The van der Waals surface area contributed by atoms with E-state index in [4.69, 9.17) is 14.5 Å². The van der Waals surface area contributed by atoms with Crippen LogP contribution in [0.1, 0.15) is 31.5 Å². The van der Waals surface area contributed by atoms with E-state index in [0.29, 0.717) is 25.6 Å². The number of ether oxygens (including phenoxy) is 2. The minimum Gasteiger partial charge on any atom is -0.466 e. The van der Waals surface area contributed by atoms with E-state index in [2.05, 4.69) is 36.5 Å². The smallest absolute Gasteiger partial charge is 0.306 e. The Balaban J connectivity index is 1.70. The van der Waals surface area contributed by atoms with Gasteiger partial charge in [-0.1, -0.05) is 19.1 Å². The molecule has 0 aliphatic carbocycles. The van der Waals surface area contributed by atoms with Crippen molar-refractivity contribution in [1.82, 2.24) is 9.29 Å². The lowest BCUT2D eigenvalue weighted by molar-refractivity contribution is -0.143. The molecular weight excluding hydrogens is 372 g/mol. The Morgan fingerprint density at radius 1 is 1.32 bits per heavy atom. The van der Waals surface area contributed by atoms with E-state index in [9.17, 15) is 4.79 Å². The van der Waals surface area contributed by atoms with Crippen LogP contribution in [-0.4, -0.2) is 48.2 Å². The number of esters is 1. The van der Waals surface area contributed by atoms with Gasteiger partial charge >= 0.3 is 5.97 Å². The second-order valence-corrected chi connectivity index (χ2v) is 8.10. The van der Waals surface area contributed by atoms with Crippen LogP contribution in [-0.2, 0) is 27.1 Å². The lowest BCUT2D eigenvalue weighted by atomic mass is 10.1.